The molecule has 0 amide bonds. The Bertz CT molecular complexity index is 338. The van der Waals surface area contributed by atoms with Crippen LogP contribution in [0.4, 0.5) is 0 Å². The number of carbonyl (C=O) groups is 1. The maximum atomic E-state index is 10.5. The molecule has 0 aromatic heterocycles. The van der Waals surface area contributed by atoms with Gasteiger partial charge in [0.15, 0.2) is 0 Å². The molecular formula is C7H4ClIO3. The van der Waals surface area contributed by atoms with Crippen LogP contribution in [0.15, 0.2) is 12.1 Å². The molecule has 0 heterocycles. The van der Waals surface area contributed by atoms with E-state index in [-0.39, 0.29) is 11.3 Å². The fourth-order valence-corrected chi connectivity index (χ4v) is 1.33. The van der Waals surface area contributed by atoms with Gasteiger partial charge in [-0.1, -0.05) is 11.6 Å². The van der Waals surface area contributed by atoms with Gasteiger partial charge in [-0.15, -0.1) is 0 Å². The van der Waals surface area contributed by atoms with Gasteiger partial charge in [0.05, 0.1) is 5.02 Å². The molecule has 0 radical (unpaired) electrons. The Morgan fingerprint density at radius 1 is 1.50 bits per heavy atom. The summed E-state index contributed by atoms with van der Waals surface area (Å²) in [5, 5.41) is 18.0. The Morgan fingerprint density at radius 2 is 2.08 bits per heavy atom. The van der Waals surface area contributed by atoms with Crippen LogP contribution in [0.25, 0.3) is 0 Å². The maximum Gasteiger partial charge on any atom is 0.339 e. The van der Waals surface area contributed by atoms with Crippen molar-refractivity contribution in [2.45, 2.75) is 0 Å². The van der Waals surface area contributed by atoms with E-state index in [2.05, 4.69) is 0 Å². The van der Waals surface area contributed by atoms with Gasteiger partial charge in [-0.3, -0.25) is 0 Å². The van der Waals surface area contributed by atoms with Crippen molar-refractivity contribution in [2.24, 2.45) is 0 Å². The number of aromatic carboxylic acids is 1. The van der Waals surface area contributed by atoms with Crippen molar-refractivity contribution in [2.75, 3.05) is 0 Å². The van der Waals surface area contributed by atoms with Gasteiger partial charge in [0.1, 0.15) is 11.3 Å². The highest BCUT2D eigenvalue weighted by atomic mass is 127. The molecule has 0 saturated heterocycles. The molecule has 0 atom stereocenters. The maximum absolute atomic E-state index is 10.5. The van der Waals surface area contributed by atoms with Crippen molar-refractivity contribution in [1.82, 2.24) is 0 Å². The number of benzene rings is 1. The molecule has 1 aromatic rings. The first-order valence-electron chi connectivity index (χ1n) is 2.93. The minimum Gasteiger partial charge on any atom is -0.507 e. The minimum atomic E-state index is -1.16. The molecule has 0 saturated carbocycles. The normalized spacial score (nSPS) is 9.83. The molecule has 12 heavy (non-hydrogen) atoms. The standard InChI is InChI=1S/C7H4ClIO3/c8-4-2-6(10)3(7(11)12)1-5(4)9/h1-2,10H,(H,11,12). The molecular weight excluding hydrogens is 294 g/mol. The monoisotopic (exact) mass is 298 g/mol. The number of carboxylic acid groups (broad SMARTS) is 1. The summed E-state index contributed by atoms with van der Waals surface area (Å²) in [4.78, 5) is 10.5. The number of hydrogen-bond donors (Lipinski definition) is 2. The van der Waals surface area contributed by atoms with Gasteiger partial charge in [-0.2, -0.15) is 0 Å². The third kappa shape index (κ3) is 1.81. The first-order valence-corrected chi connectivity index (χ1v) is 4.39. The van der Waals surface area contributed by atoms with Crippen molar-refractivity contribution >= 4 is 40.2 Å². The van der Waals surface area contributed by atoms with Crippen LogP contribution in [-0.2, 0) is 0 Å². The zero-order valence-corrected chi connectivity index (χ0v) is 8.63. The van der Waals surface area contributed by atoms with E-state index in [0.717, 1.165) is 0 Å². The largest absolute Gasteiger partial charge is 0.507 e. The lowest BCUT2D eigenvalue weighted by atomic mass is 10.2. The lowest BCUT2D eigenvalue weighted by Crippen LogP contribution is -1.97. The van der Waals surface area contributed by atoms with Gasteiger partial charge in [-0.05, 0) is 28.7 Å². The first-order chi connectivity index (χ1) is 5.52. The van der Waals surface area contributed by atoms with Crippen molar-refractivity contribution < 1.29 is 15.0 Å². The lowest BCUT2D eigenvalue weighted by Gasteiger charge is -2.01. The molecule has 0 fully saturated rings. The van der Waals surface area contributed by atoms with Crippen molar-refractivity contribution in [3.05, 3.63) is 26.3 Å². The predicted molar refractivity (Wildman–Crippen MR) is 52.8 cm³/mol. The highest BCUT2D eigenvalue weighted by Crippen LogP contribution is 2.27. The molecule has 0 spiro atoms. The highest BCUT2D eigenvalue weighted by molar-refractivity contribution is 14.1. The summed E-state index contributed by atoms with van der Waals surface area (Å²) >= 11 is 7.52. The van der Waals surface area contributed by atoms with Crippen LogP contribution in [-0.4, -0.2) is 16.2 Å². The van der Waals surface area contributed by atoms with Crippen LogP contribution in [0.2, 0.25) is 5.02 Å². The Hall–Kier alpha value is -0.490. The third-order valence-electron chi connectivity index (χ3n) is 1.27. The summed E-state index contributed by atoms with van der Waals surface area (Å²) in [5.41, 5.74) is -0.135. The molecule has 0 aliphatic rings. The second-order valence-electron chi connectivity index (χ2n) is 2.09. The van der Waals surface area contributed by atoms with Crippen molar-refractivity contribution in [3.63, 3.8) is 0 Å². The van der Waals surface area contributed by atoms with Gasteiger partial charge in [0.25, 0.3) is 0 Å². The van der Waals surface area contributed by atoms with Gasteiger partial charge >= 0.3 is 5.97 Å². The average molecular weight is 298 g/mol. The summed E-state index contributed by atoms with van der Waals surface area (Å²) in [7, 11) is 0. The highest BCUT2D eigenvalue weighted by Gasteiger charge is 2.11. The second kappa shape index (κ2) is 3.49. The molecule has 1 aromatic carbocycles. The molecule has 5 heteroatoms. The van der Waals surface area contributed by atoms with Crippen LogP contribution in [0.1, 0.15) is 10.4 Å². The molecule has 0 aliphatic carbocycles. The number of carboxylic acids is 1. The van der Waals surface area contributed by atoms with E-state index in [1.54, 1.807) is 0 Å². The molecule has 64 valence electrons. The zero-order chi connectivity index (χ0) is 9.30. The molecule has 2 N–H and O–H groups in total. The number of phenols is 1. The number of halogens is 2. The van der Waals surface area contributed by atoms with Gasteiger partial charge < -0.3 is 10.2 Å². The minimum absolute atomic E-state index is 0.135. The van der Waals surface area contributed by atoms with Crippen LogP contribution in [0.3, 0.4) is 0 Å². The fourth-order valence-electron chi connectivity index (χ4n) is 0.708. The molecule has 0 aliphatic heterocycles. The molecule has 3 nitrogen and oxygen atoms in total. The van der Waals surface area contributed by atoms with Crippen LogP contribution < -0.4 is 0 Å². The summed E-state index contributed by atoms with van der Waals surface area (Å²) in [6, 6.07) is 2.54. The van der Waals surface area contributed by atoms with Crippen LogP contribution >= 0.6 is 34.2 Å². The Morgan fingerprint density at radius 3 is 2.58 bits per heavy atom. The van der Waals surface area contributed by atoms with Crippen molar-refractivity contribution in [3.8, 4) is 5.75 Å². The predicted octanol–water partition coefficient (Wildman–Crippen LogP) is 2.35. The van der Waals surface area contributed by atoms with Gasteiger partial charge in [0.2, 0.25) is 0 Å². The number of aromatic hydroxyl groups is 1. The van der Waals surface area contributed by atoms with E-state index < -0.39 is 5.97 Å². The molecule has 0 bridgehead atoms. The topological polar surface area (TPSA) is 57.5 Å². The van der Waals surface area contributed by atoms with Crippen LogP contribution in [0.5, 0.6) is 5.75 Å². The third-order valence-corrected chi connectivity index (χ3v) is 2.79. The quantitative estimate of drug-likeness (QED) is 0.783. The SMILES string of the molecule is O=C(O)c1cc(I)c(Cl)cc1O. The molecule has 0 unspecified atom stereocenters. The average Bonchev–Trinajstić information content (AvgIpc) is 1.96. The van der Waals surface area contributed by atoms with E-state index in [0.29, 0.717) is 8.59 Å². The van der Waals surface area contributed by atoms with Gasteiger partial charge in [-0.25, -0.2) is 4.79 Å². The zero-order valence-electron chi connectivity index (χ0n) is 5.71. The van der Waals surface area contributed by atoms with E-state index in [1.165, 1.54) is 12.1 Å². The van der Waals surface area contributed by atoms with Crippen molar-refractivity contribution in [1.29, 1.82) is 0 Å². The molecule has 1 rings (SSSR count). The van der Waals surface area contributed by atoms with E-state index >= 15 is 0 Å². The summed E-state index contributed by atoms with van der Waals surface area (Å²) < 4.78 is 0.601. The van der Waals surface area contributed by atoms with E-state index in [4.69, 9.17) is 21.8 Å². The van der Waals surface area contributed by atoms with E-state index in [9.17, 15) is 4.79 Å². The Labute approximate surface area is 87.1 Å². The summed E-state index contributed by atoms with van der Waals surface area (Å²) in [6.45, 7) is 0. The summed E-state index contributed by atoms with van der Waals surface area (Å²) in [5.74, 6) is -1.48. The number of rotatable bonds is 1. The number of hydrogen-bond acceptors (Lipinski definition) is 2. The van der Waals surface area contributed by atoms with Gasteiger partial charge in [0, 0.05) is 9.64 Å². The summed E-state index contributed by atoms with van der Waals surface area (Å²) in [6.07, 6.45) is 0. The first kappa shape index (κ1) is 9.60. The van der Waals surface area contributed by atoms with E-state index in [1.807, 2.05) is 22.6 Å². The Balaban J connectivity index is 3.33. The smallest absolute Gasteiger partial charge is 0.339 e. The second-order valence-corrected chi connectivity index (χ2v) is 3.66. The van der Waals surface area contributed by atoms with Crippen LogP contribution in [0, 0.1) is 3.57 Å². The lowest BCUT2D eigenvalue weighted by molar-refractivity contribution is 0.0693. The Kier molecular flexibility index (Phi) is 2.79. The fraction of sp³-hybridized carbons (Fsp3) is 0.